The van der Waals surface area contributed by atoms with E-state index in [1.165, 1.54) is 23.1 Å². The Bertz CT molecular complexity index is 691. The fraction of sp³-hybridized carbons (Fsp3) is 0.267. The summed E-state index contributed by atoms with van der Waals surface area (Å²) in [6.07, 6.45) is 0.106. The maximum Gasteiger partial charge on any atom is 0.311 e. The summed E-state index contributed by atoms with van der Waals surface area (Å²) in [5.74, 6) is -0.270. The molecule has 1 N–H and O–H groups in total. The number of thioether (sulfide) groups is 1. The number of anilines is 1. The molecule has 122 valence electrons. The summed E-state index contributed by atoms with van der Waals surface area (Å²) in [6, 6.07) is 7.35. The van der Waals surface area contributed by atoms with Gasteiger partial charge in [0.2, 0.25) is 5.91 Å². The molecule has 0 aliphatic carbocycles. The van der Waals surface area contributed by atoms with E-state index >= 15 is 0 Å². The number of nitrogens with one attached hydrogen (secondary N) is 1. The third kappa shape index (κ3) is 5.85. The van der Waals surface area contributed by atoms with Crippen LogP contribution >= 0.6 is 34.7 Å². The Kier molecular flexibility index (Phi) is 6.88. The first-order valence-corrected chi connectivity index (χ1v) is 9.10. The van der Waals surface area contributed by atoms with Gasteiger partial charge in [-0.15, -0.1) is 23.1 Å². The lowest BCUT2D eigenvalue weighted by Gasteiger charge is -2.03. The summed E-state index contributed by atoms with van der Waals surface area (Å²) < 4.78 is 4.86. The van der Waals surface area contributed by atoms with E-state index in [9.17, 15) is 9.59 Å². The first-order valence-electron chi connectivity index (χ1n) is 6.85. The van der Waals surface area contributed by atoms with Crippen molar-refractivity contribution in [3.8, 4) is 0 Å². The van der Waals surface area contributed by atoms with Gasteiger partial charge in [-0.2, -0.15) is 0 Å². The summed E-state index contributed by atoms with van der Waals surface area (Å²) in [7, 11) is 0. The number of carbonyl (C=O) groups is 2. The highest BCUT2D eigenvalue weighted by molar-refractivity contribution is 8.00. The highest BCUT2D eigenvalue weighted by atomic mass is 35.5. The predicted molar refractivity (Wildman–Crippen MR) is 93.3 cm³/mol. The van der Waals surface area contributed by atoms with Crippen LogP contribution in [0.4, 0.5) is 5.13 Å². The smallest absolute Gasteiger partial charge is 0.311 e. The largest absolute Gasteiger partial charge is 0.466 e. The molecule has 0 aliphatic rings. The second kappa shape index (κ2) is 8.90. The van der Waals surface area contributed by atoms with Gasteiger partial charge in [0, 0.05) is 10.3 Å². The van der Waals surface area contributed by atoms with Gasteiger partial charge in [0.15, 0.2) is 5.13 Å². The fourth-order valence-electron chi connectivity index (χ4n) is 1.67. The molecule has 2 rings (SSSR count). The minimum atomic E-state index is -0.329. The van der Waals surface area contributed by atoms with E-state index in [1.54, 1.807) is 18.4 Å². The van der Waals surface area contributed by atoms with Crippen LogP contribution in [-0.4, -0.2) is 29.2 Å². The maximum absolute atomic E-state index is 11.9. The molecule has 0 fully saturated rings. The highest BCUT2D eigenvalue weighted by Gasteiger charge is 2.11. The van der Waals surface area contributed by atoms with Crippen molar-refractivity contribution in [2.24, 2.45) is 0 Å². The Morgan fingerprint density at radius 2 is 2.17 bits per heavy atom. The summed E-state index contributed by atoms with van der Waals surface area (Å²) >= 11 is 8.67. The molecular weight excluding hydrogens is 356 g/mol. The first-order chi connectivity index (χ1) is 11.1. The molecule has 23 heavy (non-hydrogen) atoms. The first kappa shape index (κ1) is 17.8. The van der Waals surface area contributed by atoms with E-state index in [0.29, 0.717) is 22.5 Å². The molecule has 0 aliphatic heterocycles. The second-order valence-corrected chi connectivity index (χ2v) is 6.68. The number of esters is 1. The summed E-state index contributed by atoms with van der Waals surface area (Å²) in [4.78, 5) is 28.4. The summed E-state index contributed by atoms with van der Waals surface area (Å²) in [6.45, 7) is 2.09. The highest BCUT2D eigenvalue weighted by Crippen LogP contribution is 2.26. The van der Waals surface area contributed by atoms with Crippen molar-refractivity contribution in [3.05, 3.63) is 40.4 Å². The molecule has 0 atom stereocenters. The van der Waals surface area contributed by atoms with Crippen molar-refractivity contribution in [1.82, 2.24) is 4.98 Å². The number of rotatable bonds is 7. The zero-order valence-electron chi connectivity index (χ0n) is 12.4. The molecule has 0 saturated heterocycles. The normalized spacial score (nSPS) is 10.3. The van der Waals surface area contributed by atoms with Crippen LogP contribution in [0.3, 0.4) is 0 Å². The molecule has 1 aromatic heterocycles. The van der Waals surface area contributed by atoms with E-state index in [1.807, 2.05) is 18.2 Å². The number of hydrogen-bond donors (Lipinski definition) is 1. The number of halogens is 1. The number of benzene rings is 1. The van der Waals surface area contributed by atoms with Gasteiger partial charge in [0.1, 0.15) is 0 Å². The Morgan fingerprint density at radius 1 is 1.39 bits per heavy atom. The Hall–Kier alpha value is -1.57. The van der Waals surface area contributed by atoms with E-state index < -0.39 is 0 Å². The van der Waals surface area contributed by atoms with Crippen LogP contribution < -0.4 is 5.32 Å². The Labute approximate surface area is 147 Å². The van der Waals surface area contributed by atoms with Crippen molar-refractivity contribution >= 4 is 51.7 Å². The van der Waals surface area contributed by atoms with E-state index in [4.69, 9.17) is 16.3 Å². The fourth-order valence-corrected chi connectivity index (χ4v) is 3.43. The van der Waals surface area contributed by atoms with Gasteiger partial charge < -0.3 is 10.1 Å². The van der Waals surface area contributed by atoms with Crippen LogP contribution in [0.2, 0.25) is 5.02 Å². The summed E-state index contributed by atoms with van der Waals surface area (Å²) in [5.41, 5.74) is 0.586. The molecule has 2 aromatic rings. The minimum absolute atomic E-state index is 0.106. The Morgan fingerprint density at radius 3 is 2.91 bits per heavy atom. The molecule has 0 unspecified atom stereocenters. The SMILES string of the molecule is CCOC(=O)Cc1csc(NC(=O)CSc2ccccc2Cl)n1. The molecular formula is C15H15ClN2O3S2. The number of amides is 1. The third-order valence-electron chi connectivity index (χ3n) is 2.62. The van der Waals surface area contributed by atoms with Gasteiger partial charge in [-0.1, -0.05) is 23.7 Å². The monoisotopic (exact) mass is 370 g/mol. The van der Waals surface area contributed by atoms with Crippen LogP contribution in [0.15, 0.2) is 34.5 Å². The van der Waals surface area contributed by atoms with Gasteiger partial charge in [-0.3, -0.25) is 9.59 Å². The average molecular weight is 371 g/mol. The van der Waals surface area contributed by atoms with Crippen molar-refractivity contribution in [1.29, 1.82) is 0 Å². The molecule has 0 spiro atoms. The molecule has 0 bridgehead atoms. The van der Waals surface area contributed by atoms with Gasteiger partial charge in [-0.25, -0.2) is 4.98 Å². The molecule has 1 amide bonds. The number of carbonyl (C=O) groups excluding carboxylic acids is 2. The number of ether oxygens (including phenoxy) is 1. The zero-order valence-corrected chi connectivity index (χ0v) is 14.8. The molecule has 8 heteroatoms. The van der Waals surface area contributed by atoms with Crippen LogP contribution in [0.5, 0.6) is 0 Å². The lowest BCUT2D eigenvalue weighted by Crippen LogP contribution is -2.14. The predicted octanol–water partition coefficient (Wildman–Crippen LogP) is 3.63. The molecule has 0 saturated carbocycles. The van der Waals surface area contributed by atoms with Crippen molar-refractivity contribution in [3.63, 3.8) is 0 Å². The van der Waals surface area contributed by atoms with E-state index in [0.717, 1.165) is 4.90 Å². The van der Waals surface area contributed by atoms with Crippen LogP contribution in [0.1, 0.15) is 12.6 Å². The lowest BCUT2D eigenvalue weighted by atomic mass is 10.3. The standard InChI is InChI=1S/C15H15ClN2O3S2/c1-2-21-14(20)7-10-8-23-15(17-10)18-13(19)9-22-12-6-4-3-5-11(12)16/h3-6,8H,2,7,9H2,1H3,(H,17,18,19). The van der Waals surface area contributed by atoms with Crippen molar-refractivity contribution < 1.29 is 14.3 Å². The number of thiazole rings is 1. The Balaban J connectivity index is 1.82. The maximum atomic E-state index is 11.9. The molecule has 1 aromatic carbocycles. The van der Waals surface area contributed by atoms with Gasteiger partial charge in [0.25, 0.3) is 0 Å². The quantitative estimate of drug-likeness (QED) is 0.595. The van der Waals surface area contributed by atoms with E-state index in [-0.39, 0.29) is 24.1 Å². The van der Waals surface area contributed by atoms with Gasteiger partial charge >= 0.3 is 5.97 Å². The van der Waals surface area contributed by atoms with E-state index in [2.05, 4.69) is 10.3 Å². The zero-order chi connectivity index (χ0) is 16.7. The van der Waals surface area contributed by atoms with Crippen LogP contribution in [-0.2, 0) is 20.7 Å². The topological polar surface area (TPSA) is 68.3 Å². The third-order valence-corrected chi connectivity index (χ3v) is 4.95. The molecule has 0 radical (unpaired) electrons. The summed E-state index contributed by atoms with van der Waals surface area (Å²) in [5, 5.41) is 5.53. The molecule has 1 heterocycles. The van der Waals surface area contributed by atoms with Crippen LogP contribution in [0.25, 0.3) is 0 Å². The second-order valence-electron chi connectivity index (χ2n) is 4.39. The van der Waals surface area contributed by atoms with Crippen LogP contribution in [0, 0.1) is 0 Å². The van der Waals surface area contributed by atoms with Gasteiger partial charge in [-0.05, 0) is 19.1 Å². The van der Waals surface area contributed by atoms with Crippen molar-refractivity contribution in [2.75, 3.05) is 17.7 Å². The number of hydrogen-bond acceptors (Lipinski definition) is 6. The minimum Gasteiger partial charge on any atom is -0.466 e. The molecule has 5 nitrogen and oxygen atoms in total. The average Bonchev–Trinajstić information content (AvgIpc) is 2.93. The number of aromatic nitrogens is 1. The lowest BCUT2D eigenvalue weighted by molar-refractivity contribution is -0.142. The van der Waals surface area contributed by atoms with Crippen molar-refractivity contribution in [2.45, 2.75) is 18.2 Å². The number of nitrogens with zero attached hydrogens (tertiary/aromatic N) is 1. The van der Waals surface area contributed by atoms with Gasteiger partial charge in [0.05, 0.1) is 29.5 Å².